The summed E-state index contributed by atoms with van der Waals surface area (Å²) in [6.07, 6.45) is 10.6. The third-order valence-electron chi connectivity index (χ3n) is 7.71. The molecule has 0 aliphatic carbocycles. The Balaban J connectivity index is 1.24. The molecule has 0 heterocycles. The smallest absolute Gasteiger partial charge is 0.0380 e. The number of allylic oxidation sites excluding steroid dienone is 4. The summed E-state index contributed by atoms with van der Waals surface area (Å²) in [5, 5.41) is 11.2. The maximum absolute atomic E-state index is 3.44. The molecule has 0 saturated heterocycles. The predicted octanol–water partition coefficient (Wildman–Crippen LogP) is 11.2. The third-order valence-corrected chi connectivity index (χ3v) is 7.71. The van der Waals surface area contributed by atoms with Crippen molar-refractivity contribution in [2.45, 2.75) is 20.8 Å². The van der Waals surface area contributed by atoms with E-state index in [-0.39, 0.29) is 0 Å². The molecule has 0 radical (unpaired) electrons. The first-order valence-corrected chi connectivity index (χ1v) is 13.9. The van der Waals surface area contributed by atoms with Crippen molar-refractivity contribution >= 4 is 49.7 Å². The van der Waals surface area contributed by atoms with E-state index >= 15 is 0 Å². The highest BCUT2D eigenvalue weighted by atomic mass is 14.8. The summed E-state index contributed by atoms with van der Waals surface area (Å²) >= 11 is 0. The molecule has 0 bridgehead atoms. The zero-order valence-electron chi connectivity index (χ0n) is 23.3. The van der Waals surface area contributed by atoms with Crippen molar-refractivity contribution in [3.63, 3.8) is 0 Å². The minimum atomic E-state index is 1.06. The van der Waals surface area contributed by atoms with Crippen LogP contribution in [0.25, 0.3) is 55.1 Å². The number of aryl methyl sites for hydroxylation is 1. The number of benzene rings is 6. The highest BCUT2D eigenvalue weighted by molar-refractivity contribution is 6.11. The van der Waals surface area contributed by atoms with Crippen LogP contribution >= 0.6 is 0 Å². The van der Waals surface area contributed by atoms with E-state index in [4.69, 9.17) is 0 Å². The Morgan fingerprint density at radius 1 is 0.675 bits per heavy atom. The zero-order valence-corrected chi connectivity index (χ0v) is 23.3. The van der Waals surface area contributed by atoms with Gasteiger partial charge in [-0.1, -0.05) is 109 Å². The van der Waals surface area contributed by atoms with Crippen molar-refractivity contribution in [3.05, 3.63) is 150 Å². The van der Waals surface area contributed by atoms with Crippen LogP contribution in [0.5, 0.6) is 0 Å². The van der Waals surface area contributed by atoms with Gasteiger partial charge in [-0.15, -0.1) is 0 Å². The van der Waals surface area contributed by atoms with E-state index in [9.17, 15) is 0 Å². The van der Waals surface area contributed by atoms with Gasteiger partial charge in [0, 0.05) is 11.9 Å². The van der Waals surface area contributed by atoms with Crippen molar-refractivity contribution in [3.8, 4) is 11.1 Å². The van der Waals surface area contributed by atoms with Gasteiger partial charge in [0.25, 0.3) is 0 Å². The molecule has 6 rings (SSSR count). The van der Waals surface area contributed by atoms with Crippen LogP contribution in [0.1, 0.15) is 30.5 Å². The molecular formula is C39H33N. The average molecular weight is 516 g/mol. The summed E-state index contributed by atoms with van der Waals surface area (Å²) in [6, 6.07) is 39.3. The number of anilines is 1. The van der Waals surface area contributed by atoms with E-state index in [0.717, 1.165) is 5.69 Å². The second-order valence-electron chi connectivity index (χ2n) is 10.3. The van der Waals surface area contributed by atoms with Crippen LogP contribution in [0.2, 0.25) is 0 Å². The minimum absolute atomic E-state index is 1.06. The molecule has 1 heteroatoms. The van der Waals surface area contributed by atoms with Gasteiger partial charge in [0.05, 0.1) is 0 Å². The van der Waals surface area contributed by atoms with Gasteiger partial charge in [0.2, 0.25) is 0 Å². The van der Waals surface area contributed by atoms with Gasteiger partial charge in [-0.2, -0.15) is 0 Å². The fourth-order valence-corrected chi connectivity index (χ4v) is 5.72. The summed E-state index contributed by atoms with van der Waals surface area (Å²) in [5.74, 6) is 0. The molecule has 0 fully saturated rings. The Morgan fingerprint density at radius 2 is 1.32 bits per heavy atom. The molecule has 194 valence electrons. The first kappa shape index (κ1) is 25.4. The Morgan fingerprint density at radius 3 is 2.08 bits per heavy atom. The molecule has 0 spiro atoms. The normalized spacial score (nSPS) is 12.3. The van der Waals surface area contributed by atoms with E-state index in [1.54, 1.807) is 0 Å². The van der Waals surface area contributed by atoms with Gasteiger partial charge >= 0.3 is 0 Å². The van der Waals surface area contributed by atoms with Gasteiger partial charge in [0.15, 0.2) is 0 Å². The third kappa shape index (κ3) is 4.83. The predicted molar refractivity (Wildman–Crippen MR) is 177 cm³/mol. The van der Waals surface area contributed by atoms with Gasteiger partial charge in [0.1, 0.15) is 0 Å². The highest BCUT2D eigenvalue weighted by Gasteiger charge is 2.10. The van der Waals surface area contributed by atoms with E-state index < -0.39 is 0 Å². The van der Waals surface area contributed by atoms with Crippen LogP contribution < -0.4 is 5.32 Å². The maximum Gasteiger partial charge on any atom is 0.0380 e. The van der Waals surface area contributed by atoms with Crippen LogP contribution in [0, 0.1) is 6.92 Å². The number of fused-ring (bicyclic) bond motifs is 4. The fraction of sp³-hybridized carbons (Fsp3) is 0.0769. The molecule has 1 N–H and O–H groups in total. The van der Waals surface area contributed by atoms with Crippen LogP contribution in [0.4, 0.5) is 5.69 Å². The van der Waals surface area contributed by atoms with E-state index in [1.165, 1.54) is 65.7 Å². The van der Waals surface area contributed by atoms with Crippen LogP contribution in [-0.4, -0.2) is 0 Å². The summed E-state index contributed by atoms with van der Waals surface area (Å²) in [6.45, 7) is 6.45. The first-order chi connectivity index (χ1) is 19.6. The fourth-order valence-electron chi connectivity index (χ4n) is 5.72. The molecule has 0 aromatic heterocycles. The van der Waals surface area contributed by atoms with Crippen LogP contribution in [-0.2, 0) is 0 Å². The highest BCUT2D eigenvalue weighted by Crippen LogP contribution is 2.35. The molecule has 6 aromatic carbocycles. The maximum atomic E-state index is 3.44. The van der Waals surface area contributed by atoms with Gasteiger partial charge in [-0.05, 0) is 111 Å². The quantitative estimate of drug-likeness (QED) is 0.172. The number of hydrogen-bond donors (Lipinski definition) is 1. The molecule has 1 nitrogen and oxygen atoms in total. The Kier molecular flexibility index (Phi) is 7.04. The van der Waals surface area contributed by atoms with Crippen molar-refractivity contribution in [1.29, 1.82) is 0 Å². The second kappa shape index (κ2) is 11.1. The largest absolute Gasteiger partial charge is 0.362 e. The lowest BCUT2D eigenvalue weighted by Crippen LogP contribution is -1.90. The zero-order chi connectivity index (χ0) is 27.5. The number of rotatable bonds is 6. The lowest BCUT2D eigenvalue weighted by Gasteiger charge is -2.13. The van der Waals surface area contributed by atoms with Crippen molar-refractivity contribution in [2.75, 3.05) is 5.32 Å². The average Bonchev–Trinajstić information content (AvgIpc) is 3.00. The summed E-state index contributed by atoms with van der Waals surface area (Å²) in [4.78, 5) is 0. The van der Waals surface area contributed by atoms with E-state index in [1.807, 2.05) is 6.20 Å². The Labute approximate surface area is 236 Å². The van der Waals surface area contributed by atoms with Crippen molar-refractivity contribution in [1.82, 2.24) is 0 Å². The topological polar surface area (TPSA) is 12.0 Å². The first-order valence-electron chi connectivity index (χ1n) is 13.9. The van der Waals surface area contributed by atoms with Crippen molar-refractivity contribution < 1.29 is 0 Å². The Hall–Kier alpha value is -4.88. The molecule has 0 unspecified atom stereocenters. The Bertz CT molecular complexity index is 1930. The molecular weight excluding hydrogens is 482 g/mol. The van der Waals surface area contributed by atoms with Gasteiger partial charge in [-0.3, -0.25) is 0 Å². The molecule has 6 aromatic rings. The summed E-state index contributed by atoms with van der Waals surface area (Å²) < 4.78 is 0. The summed E-state index contributed by atoms with van der Waals surface area (Å²) in [5.41, 5.74) is 8.65. The number of nitrogens with one attached hydrogen (secondary N) is 1. The molecule has 0 aliphatic rings. The molecule has 0 saturated carbocycles. The lowest BCUT2D eigenvalue weighted by atomic mass is 9.91. The lowest BCUT2D eigenvalue weighted by molar-refractivity contribution is 1.47. The molecule has 0 atom stereocenters. The minimum Gasteiger partial charge on any atom is -0.362 e. The molecule has 0 amide bonds. The van der Waals surface area contributed by atoms with E-state index in [0.29, 0.717) is 0 Å². The SMILES string of the molecule is C/C=C\c1c(C)cc(-c2ccc(N/C=C/C=C(\C)c3cc4ccccc4c4ccccc34)cc2)c2ccccc12. The summed E-state index contributed by atoms with van der Waals surface area (Å²) in [7, 11) is 0. The van der Waals surface area contributed by atoms with E-state index in [2.05, 4.69) is 160 Å². The van der Waals surface area contributed by atoms with Crippen LogP contribution in [0.3, 0.4) is 0 Å². The second-order valence-corrected chi connectivity index (χ2v) is 10.3. The number of hydrogen-bond acceptors (Lipinski definition) is 1. The van der Waals surface area contributed by atoms with Crippen molar-refractivity contribution in [2.24, 2.45) is 0 Å². The molecule has 0 aliphatic heterocycles. The van der Waals surface area contributed by atoms with Gasteiger partial charge in [-0.25, -0.2) is 0 Å². The monoisotopic (exact) mass is 515 g/mol. The molecule has 40 heavy (non-hydrogen) atoms. The van der Waals surface area contributed by atoms with Crippen LogP contribution in [0.15, 0.2) is 134 Å². The van der Waals surface area contributed by atoms with Gasteiger partial charge < -0.3 is 5.32 Å². The standard InChI is InChI=1S/C39H33N/c1-4-12-32-28(3)25-39(37-19-10-7-16-34(32)37)29-20-22-31(23-21-29)40-24-11-13-27(2)38-26-30-14-5-6-15-33(30)35-17-8-9-18-36(35)38/h4-26,40H,1-3H3/b12-4-,24-11+,27-13+.